The minimum absolute atomic E-state index is 0.169. The van der Waals surface area contributed by atoms with Crippen LogP contribution in [0.2, 0.25) is 5.02 Å². The van der Waals surface area contributed by atoms with Gasteiger partial charge in [0.05, 0.1) is 50.0 Å². The first-order chi connectivity index (χ1) is 21.6. The molecule has 1 atom stereocenters. The minimum Gasteiger partial charge on any atom is -0.487 e. The second kappa shape index (κ2) is 18.7. The van der Waals surface area contributed by atoms with Gasteiger partial charge < -0.3 is 30.6 Å². The van der Waals surface area contributed by atoms with E-state index in [4.69, 9.17) is 36.6 Å². The van der Waals surface area contributed by atoms with E-state index in [1.807, 2.05) is 37.0 Å². The van der Waals surface area contributed by atoms with Crippen LogP contribution in [0.4, 0.5) is 11.6 Å². The zero-order chi connectivity index (χ0) is 31.0. The highest BCUT2D eigenvalue weighted by Crippen LogP contribution is 2.34. The van der Waals surface area contributed by atoms with Gasteiger partial charge in [-0.1, -0.05) is 36.9 Å². The average Bonchev–Trinajstić information content (AvgIpc) is 3.47. The van der Waals surface area contributed by atoms with Crippen LogP contribution in [0, 0.1) is 0 Å². The van der Waals surface area contributed by atoms with E-state index in [9.17, 15) is 0 Å². The highest BCUT2D eigenvalue weighted by atomic mass is 35.5. The van der Waals surface area contributed by atoms with Gasteiger partial charge in [-0.05, 0) is 55.9 Å². The molecule has 44 heavy (non-hydrogen) atoms. The molecule has 2 aliphatic rings. The molecule has 1 aliphatic carbocycles. The van der Waals surface area contributed by atoms with Crippen molar-refractivity contribution in [3.05, 3.63) is 41.8 Å². The van der Waals surface area contributed by atoms with Gasteiger partial charge in [-0.3, -0.25) is 9.67 Å². The van der Waals surface area contributed by atoms with Crippen molar-refractivity contribution in [2.45, 2.75) is 57.6 Å². The number of benzene rings is 1. The molecule has 1 aliphatic heterocycles. The predicted octanol–water partition coefficient (Wildman–Crippen LogP) is 5.73. The van der Waals surface area contributed by atoms with Crippen molar-refractivity contribution in [1.29, 1.82) is 0 Å². The van der Waals surface area contributed by atoms with Crippen molar-refractivity contribution < 1.29 is 14.2 Å². The molecule has 3 aromatic rings. The van der Waals surface area contributed by atoms with E-state index in [0.717, 1.165) is 68.1 Å². The number of rotatable bonds is 13. The van der Waals surface area contributed by atoms with Crippen LogP contribution in [-0.2, 0) is 4.74 Å². The Bertz CT molecular complexity index is 1270. The molecular weight excluding hydrogens is 600 g/mol. The molecule has 0 spiro atoms. The fourth-order valence-electron chi connectivity index (χ4n) is 4.89. The molecule has 0 bridgehead atoms. The zero-order valence-corrected chi connectivity index (χ0v) is 27.3. The fraction of sp³-hybridized carbons (Fsp3) is 0.548. The Balaban J connectivity index is 0.000000657. The van der Waals surface area contributed by atoms with Crippen molar-refractivity contribution in [3.63, 3.8) is 0 Å². The molecule has 11 nitrogen and oxygen atoms in total. The second-order valence-corrected chi connectivity index (χ2v) is 12.1. The molecule has 1 saturated heterocycles. The molecular formula is C31H45ClN8O3S. The Morgan fingerprint density at radius 1 is 1.20 bits per heavy atom. The summed E-state index contributed by atoms with van der Waals surface area (Å²) in [5, 5.41) is 11.8. The van der Waals surface area contributed by atoms with E-state index in [1.54, 1.807) is 18.5 Å². The summed E-state index contributed by atoms with van der Waals surface area (Å²) in [7, 11) is 0. The molecule has 240 valence electrons. The van der Waals surface area contributed by atoms with Crippen LogP contribution in [-0.4, -0.2) is 83.7 Å². The summed E-state index contributed by atoms with van der Waals surface area (Å²) >= 11 is 8.17. The predicted molar refractivity (Wildman–Crippen MR) is 180 cm³/mol. The second-order valence-electron chi connectivity index (χ2n) is 10.7. The normalized spacial score (nSPS) is 16.2. The van der Waals surface area contributed by atoms with E-state index in [0.29, 0.717) is 41.8 Å². The fourth-order valence-corrected chi connectivity index (χ4v) is 5.46. The van der Waals surface area contributed by atoms with E-state index in [1.165, 1.54) is 25.6 Å². The van der Waals surface area contributed by atoms with Gasteiger partial charge in [0.1, 0.15) is 17.5 Å². The summed E-state index contributed by atoms with van der Waals surface area (Å²) in [6.45, 7) is 6.81. The number of hydrogen-bond donors (Lipinski definition) is 3. The molecule has 2 fully saturated rings. The molecule has 1 saturated carbocycles. The van der Waals surface area contributed by atoms with Gasteiger partial charge >= 0.3 is 0 Å². The lowest BCUT2D eigenvalue weighted by Gasteiger charge is -2.21. The lowest BCUT2D eigenvalue weighted by atomic mass is 9.96. The largest absolute Gasteiger partial charge is 0.487 e. The topological polar surface area (TPSA) is 134 Å². The van der Waals surface area contributed by atoms with Gasteiger partial charge in [-0.15, -0.1) is 5.10 Å². The summed E-state index contributed by atoms with van der Waals surface area (Å²) in [4.78, 5) is 13.1. The summed E-state index contributed by atoms with van der Waals surface area (Å²) < 4.78 is 19.1. The molecule has 0 radical (unpaired) electrons. The monoisotopic (exact) mass is 644 g/mol. The minimum atomic E-state index is -0.169. The maximum atomic E-state index is 6.35. The number of morpholine rings is 1. The molecule has 4 N–H and O–H groups in total. The number of hydrogen-bond acceptors (Lipinski definition) is 10. The van der Waals surface area contributed by atoms with Crippen LogP contribution >= 0.6 is 23.4 Å². The van der Waals surface area contributed by atoms with E-state index < -0.39 is 0 Å². The van der Waals surface area contributed by atoms with Crippen LogP contribution in [0.15, 0.2) is 41.8 Å². The highest BCUT2D eigenvalue weighted by Gasteiger charge is 2.20. The van der Waals surface area contributed by atoms with Gasteiger partial charge in [0.15, 0.2) is 0 Å². The number of nitrogens with two attached hydrogens (primary N) is 1. The number of nitrogens with zero attached hydrogens (tertiary/aromatic N) is 5. The summed E-state index contributed by atoms with van der Waals surface area (Å²) in [6.07, 6.45) is 15.8. The van der Waals surface area contributed by atoms with Crippen molar-refractivity contribution in [2.75, 3.05) is 56.8 Å². The zero-order valence-electron chi connectivity index (χ0n) is 25.7. The standard InChI is InChI=1S/C27H36ClN7O2S.C4H9NO/c1-19(14-30-18-29)37-25-13-20(9-10-23(25)28)21-15-31-27(32-16-21)33-24-17-35(22-7-4-3-5-8-22)34-26(24)36-11-6-12-38-2;1-3-6-4-2-5-1/h9-10,13,15-19,22H,3-8,11-12,14H2,1-2H3,(H2,29,30)(H,31,32,33);5H,1-4H2/t19-;/m0./s1. The number of aliphatic imine (C=N–C) groups is 1. The first-order valence-corrected chi connectivity index (χ1v) is 17.1. The average molecular weight is 645 g/mol. The van der Waals surface area contributed by atoms with Gasteiger partial charge in [-0.25, -0.2) is 9.97 Å². The summed E-state index contributed by atoms with van der Waals surface area (Å²) in [5.74, 6) is 2.69. The maximum Gasteiger partial charge on any atom is 0.256 e. The van der Waals surface area contributed by atoms with E-state index in [2.05, 4.69) is 36.5 Å². The van der Waals surface area contributed by atoms with E-state index in [-0.39, 0.29) is 6.10 Å². The Morgan fingerprint density at radius 3 is 2.64 bits per heavy atom. The Kier molecular flexibility index (Phi) is 14.4. The number of anilines is 2. The smallest absolute Gasteiger partial charge is 0.256 e. The van der Waals surface area contributed by atoms with Gasteiger partial charge in [-0.2, -0.15) is 11.8 Å². The molecule has 0 amide bonds. The molecule has 5 rings (SSSR count). The first-order valence-electron chi connectivity index (χ1n) is 15.3. The van der Waals surface area contributed by atoms with Crippen molar-refractivity contribution in [2.24, 2.45) is 10.7 Å². The van der Waals surface area contributed by atoms with Crippen molar-refractivity contribution >= 4 is 41.3 Å². The summed E-state index contributed by atoms with van der Waals surface area (Å²) in [5.41, 5.74) is 7.85. The molecule has 0 unspecified atom stereocenters. The Labute approximate surface area is 269 Å². The number of halogens is 1. The molecule has 1 aromatic carbocycles. The molecule has 3 heterocycles. The Hall–Kier alpha value is -3.06. The van der Waals surface area contributed by atoms with Crippen LogP contribution < -0.4 is 25.8 Å². The lowest BCUT2D eigenvalue weighted by molar-refractivity contribution is 0.109. The van der Waals surface area contributed by atoms with Crippen LogP contribution in [0.3, 0.4) is 0 Å². The van der Waals surface area contributed by atoms with Crippen molar-refractivity contribution in [3.8, 4) is 22.8 Å². The van der Waals surface area contributed by atoms with Crippen molar-refractivity contribution in [1.82, 2.24) is 25.1 Å². The number of ether oxygens (including phenoxy) is 3. The SMILES string of the molecule is C1COCCN1.CSCCCOc1nn(C2CCCCC2)cc1Nc1ncc(-c2ccc(Cl)c(O[C@@H](C)CN=CN)c2)cn1. The Morgan fingerprint density at radius 2 is 1.98 bits per heavy atom. The highest BCUT2D eigenvalue weighted by molar-refractivity contribution is 7.98. The third-order valence-electron chi connectivity index (χ3n) is 7.18. The quantitative estimate of drug-likeness (QED) is 0.120. The summed E-state index contributed by atoms with van der Waals surface area (Å²) in [6, 6.07) is 6.00. The van der Waals surface area contributed by atoms with Crippen LogP contribution in [0.25, 0.3) is 11.1 Å². The first kappa shape index (κ1) is 33.8. The van der Waals surface area contributed by atoms with Gasteiger partial charge in [0.25, 0.3) is 5.88 Å². The van der Waals surface area contributed by atoms with Crippen LogP contribution in [0.5, 0.6) is 11.6 Å². The van der Waals surface area contributed by atoms with Crippen LogP contribution in [0.1, 0.15) is 51.5 Å². The number of thioether (sulfide) groups is 1. The van der Waals surface area contributed by atoms with Gasteiger partial charge in [0.2, 0.25) is 5.95 Å². The number of aromatic nitrogens is 4. The third-order valence-corrected chi connectivity index (χ3v) is 8.19. The lowest BCUT2D eigenvalue weighted by Crippen LogP contribution is -2.30. The van der Waals surface area contributed by atoms with Gasteiger partial charge in [0, 0.05) is 31.0 Å². The molecule has 13 heteroatoms. The maximum absolute atomic E-state index is 6.35. The third kappa shape index (κ3) is 10.8. The van der Waals surface area contributed by atoms with E-state index >= 15 is 0 Å². The molecule has 2 aromatic heterocycles. The number of nitrogens with one attached hydrogen (secondary N) is 2.